The molecule has 3 N–H and O–H groups in total. The highest BCUT2D eigenvalue weighted by molar-refractivity contribution is 5.85. The van der Waals surface area contributed by atoms with Crippen LogP contribution >= 0.6 is 12.4 Å². The molecule has 0 aromatic rings. The minimum Gasteiger partial charge on any atom is -0.380 e. The van der Waals surface area contributed by atoms with E-state index in [0.717, 1.165) is 13.0 Å². The Balaban J connectivity index is 0.00000112. The van der Waals surface area contributed by atoms with Crippen molar-refractivity contribution in [3.63, 3.8) is 0 Å². The zero-order valence-corrected chi connectivity index (χ0v) is 10.3. The second kappa shape index (κ2) is 5.48. The molecule has 0 radical (unpaired) electrons. The molecule has 2 aliphatic rings. The summed E-state index contributed by atoms with van der Waals surface area (Å²) in [4.78, 5) is 0. The molecule has 0 spiro atoms. The first-order chi connectivity index (χ1) is 6.70. The Labute approximate surface area is 98.5 Å². The van der Waals surface area contributed by atoms with E-state index < -0.39 is 0 Å². The number of hydrogen-bond donors (Lipinski definition) is 2. The van der Waals surface area contributed by atoms with Gasteiger partial charge in [-0.2, -0.15) is 0 Å². The van der Waals surface area contributed by atoms with Crippen molar-refractivity contribution < 1.29 is 4.74 Å². The minimum absolute atomic E-state index is 0. The van der Waals surface area contributed by atoms with Crippen molar-refractivity contribution in [2.24, 2.45) is 5.73 Å². The maximum atomic E-state index is 6.03. The van der Waals surface area contributed by atoms with Crippen LogP contribution in [0.4, 0.5) is 0 Å². The normalized spacial score (nSPS) is 34.8. The first-order valence-electron chi connectivity index (χ1n) is 5.81. The Morgan fingerprint density at radius 2 is 2.00 bits per heavy atom. The van der Waals surface area contributed by atoms with Gasteiger partial charge in [0.2, 0.25) is 0 Å². The molecule has 2 fully saturated rings. The van der Waals surface area contributed by atoms with E-state index in [9.17, 15) is 0 Å². The molecule has 0 bridgehead atoms. The fourth-order valence-electron chi connectivity index (χ4n) is 2.69. The first-order valence-corrected chi connectivity index (χ1v) is 5.81. The maximum Gasteiger partial charge on any atom is 0.0632 e. The van der Waals surface area contributed by atoms with Crippen LogP contribution in [-0.4, -0.2) is 30.8 Å². The van der Waals surface area contributed by atoms with Crippen LogP contribution in [0.3, 0.4) is 0 Å². The molecule has 0 aromatic heterocycles. The lowest BCUT2D eigenvalue weighted by atomic mass is 9.95. The Bertz CT molecular complexity index is 195. The monoisotopic (exact) mass is 234 g/mol. The second-order valence-corrected chi connectivity index (χ2v) is 5.05. The molecule has 2 rings (SSSR count). The quantitative estimate of drug-likeness (QED) is 0.761. The highest BCUT2D eigenvalue weighted by Crippen LogP contribution is 2.30. The average Bonchev–Trinajstić information content (AvgIpc) is 2.57. The average molecular weight is 235 g/mol. The molecule has 3 nitrogen and oxygen atoms in total. The lowest BCUT2D eigenvalue weighted by Gasteiger charge is -2.37. The van der Waals surface area contributed by atoms with Crippen LogP contribution in [0.5, 0.6) is 0 Å². The summed E-state index contributed by atoms with van der Waals surface area (Å²) in [5.74, 6) is 0. The van der Waals surface area contributed by atoms with Gasteiger partial charge in [-0.25, -0.2) is 0 Å². The van der Waals surface area contributed by atoms with Gasteiger partial charge in [-0.05, 0) is 26.2 Å². The number of halogens is 1. The molecule has 0 aromatic carbocycles. The third kappa shape index (κ3) is 3.31. The molecule has 15 heavy (non-hydrogen) atoms. The van der Waals surface area contributed by atoms with Crippen LogP contribution in [0.15, 0.2) is 0 Å². The van der Waals surface area contributed by atoms with E-state index in [1.54, 1.807) is 0 Å². The zero-order valence-electron chi connectivity index (χ0n) is 9.50. The summed E-state index contributed by atoms with van der Waals surface area (Å²) < 4.78 is 5.34. The molecule has 4 heteroatoms. The fraction of sp³-hybridized carbons (Fsp3) is 1.00. The Morgan fingerprint density at radius 3 is 2.60 bits per heavy atom. The maximum absolute atomic E-state index is 6.03. The molecule has 2 atom stereocenters. The van der Waals surface area contributed by atoms with Gasteiger partial charge in [0.15, 0.2) is 0 Å². The summed E-state index contributed by atoms with van der Waals surface area (Å²) >= 11 is 0. The SMILES string of the molecule is CC1(N[C@@H]2CCOC[C@H]2N)CCCC1.Cl. The van der Waals surface area contributed by atoms with Crippen LogP contribution in [0.1, 0.15) is 39.0 Å². The smallest absolute Gasteiger partial charge is 0.0632 e. The van der Waals surface area contributed by atoms with Gasteiger partial charge < -0.3 is 15.8 Å². The molecule has 1 aliphatic heterocycles. The van der Waals surface area contributed by atoms with Crippen LogP contribution in [0.25, 0.3) is 0 Å². The summed E-state index contributed by atoms with van der Waals surface area (Å²) in [7, 11) is 0. The number of nitrogens with two attached hydrogens (primary N) is 1. The molecule has 90 valence electrons. The van der Waals surface area contributed by atoms with E-state index in [0.29, 0.717) is 18.2 Å². The minimum atomic E-state index is 0. The standard InChI is InChI=1S/C11H22N2O.ClH/c1-11(5-2-3-6-11)13-10-4-7-14-8-9(10)12;/h9-10,13H,2-8,12H2,1H3;1H/t9-,10-;/m1./s1. The highest BCUT2D eigenvalue weighted by Gasteiger charge is 2.33. The Hall–Kier alpha value is 0.170. The lowest BCUT2D eigenvalue weighted by molar-refractivity contribution is 0.0531. The second-order valence-electron chi connectivity index (χ2n) is 5.05. The molecule has 0 amide bonds. The summed E-state index contributed by atoms with van der Waals surface area (Å²) in [6.07, 6.45) is 6.40. The van der Waals surface area contributed by atoms with Gasteiger partial charge in [-0.1, -0.05) is 12.8 Å². The topological polar surface area (TPSA) is 47.3 Å². The predicted molar refractivity (Wildman–Crippen MR) is 64.5 cm³/mol. The van der Waals surface area contributed by atoms with E-state index in [1.807, 2.05) is 0 Å². The van der Waals surface area contributed by atoms with Crippen molar-refractivity contribution in [2.45, 2.75) is 56.7 Å². The van der Waals surface area contributed by atoms with E-state index in [1.165, 1.54) is 25.7 Å². The van der Waals surface area contributed by atoms with Crippen LogP contribution < -0.4 is 11.1 Å². The van der Waals surface area contributed by atoms with Gasteiger partial charge in [-0.15, -0.1) is 12.4 Å². The van der Waals surface area contributed by atoms with Crippen LogP contribution in [0.2, 0.25) is 0 Å². The van der Waals surface area contributed by atoms with E-state index in [4.69, 9.17) is 10.5 Å². The summed E-state index contributed by atoms with van der Waals surface area (Å²) in [6.45, 7) is 3.91. The van der Waals surface area contributed by atoms with Crippen molar-refractivity contribution in [1.29, 1.82) is 0 Å². The molecule has 1 saturated heterocycles. The summed E-state index contributed by atoms with van der Waals surface area (Å²) in [5.41, 5.74) is 6.38. The molecule has 1 aliphatic carbocycles. The van der Waals surface area contributed by atoms with E-state index in [-0.39, 0.29) is 18.4 Å². The largest absolute Gasteiger partial charge is 0.380 e. The van der Waals surface area contributed by atoms with Gasteiger partial charge in [0.25, 0.3) is 0 Å². The molecule has 1 heterocycles. The van der Waals surface area contributed by atoms with Gasteiger partial charge in [0.05, 0.1) is 6.61 Å². The summed E-state index contributed by atoms with van der Waals surface area (Å²) in [6, 6.07) is 0.646. The van der Waals surface area contributed by atoms with Crippen molar-refractivity contribution in [1.82, 2.24) is 5.32 Å². The highest BCUT2D eigenvalue weighted by atomic mass is 35.5. The third-order valence-corrected chi connectivity index (χ3v) is 3.64. The van der Waals surface area contributed by atoms with Gasteiger partial charge in [0.1, 0.15) is 0 Å². The van der Waals surface area contributed by atoms with Crippen molar-refractivity contribution >= 4 is 12.4 Å². The molecular weight excluding hydrogens is 212 g/mol. The van der Waals surface area contributed by atoms with E-state index in [2.05, 4.69) is 12.2 Å². The van der Waals surface area contributed by atoms with Crippen LogP contribution in [0, 0.1) is 0 Å². The van der Waals surface area contributed by atoms with Crippen molar-refractivity contribution in [3.05, 3.63) is 0 Å². The van der Waals surface area contributed by atoms with Crippen LogP contribution in [-0.2, 0) is 4.74 Å². The number of nitrogens with one attached hydrogen (secondary N) is 1. The third-order valence-electron chi connectivity index (χ3n) is 3.64. The Morgan fingerprint density at radius 1 is 1.33 bits per heavy atom. The lowest BCUT2D eigenvalue weighted by Crippen LogP contribution is -2.57. The summed E-state index contributed by atoms with van der Waals surface area (Å²) in [5, 5.41) is 3.74. The molecular formula is C11H23ClN2O. The molecule has 0 unspecified atom stereocenters. The van der Waals surface area contributed by atoms with E-state index >= 15 is 0 Å². The van der Waals surface area contributed by atoms with Gasteiger partial charge in [0, 0.05) is 24.2 Å². The number of rotatable bonds is 2. The van der Waals surface area contributed by atoms with Crippen molar-refractivity contribution in [2.75, 3.05) is 13.2 Å². The predicted octanol–water partition coefficient (Wildman–Crippen LogP) is 1.45. The number of hydrogen-bond acceptors (Lipinski definition) is 3. The zero-order chi connectivity index (χ0) is 10.0. The Kier molecular flexibility index (Phi) is 4.84. The van der Waals surface area contributed by atoms with Gasteiger partial charge >= 0.3 is 0 Å². The molecule has 1 saturated carbocycles. The van der Waals surface area contributed by atoms with Crippen molar-refractivity contribution in [3.8, 4) is 0 Å². The fourth-order valence-corrected chi connectivity index (χ4v) is 2.69. The number of ether oxygens (including phenoxy) is 1. The first kappa shape index (κ1) is 13.2. The van der Waals surface area contributed by atoms with Gasteiger partial charge in [-0.3, -0.25) is 0 Å².